The summed E-state index contributed by atoms with van der Waals surface area (Å²) in [5.74, 6) is -1.21. The first-order valence-electron chi connectivity index (χ1n) is 6.48. The maximum Gasteiger partial charge on any atom is 0.410 e. The number of aliphatic hydroxyl groups excluding tert-OH is 1. The molecule has 0 aromatic heterocycles. The van der Waals surface area contributed by atoms with Gasteiger partial charge in [0.2, 0.25) is 0 Å². The van der Waals surface area contributed by atoms with Gasteiger partial charge in [0.1, 0.15) is 6.61 Å². The predicted molar refractivity (Wildman–Crippen MR) is 70.0 cm³/mol. The number of carbonyl (C=O) groups is 2. The van der Waals surface area contributed by atoms with Crippen molar-refractivity contribution in [2.24, 2.45) is 0 Å². The van der Waals surface area contributed by atoms with Crippen LogP contribution < -0.4 is 0 Å². The van der Waals surface area contributed by atoms with Gasteiger partial charge in [0.15, 0.2) is 6.04 Å². The van der Waals surface area contributed by atoms with Crippen molar-refractivity contribution in [3.05, 3.63) is 35.9 Å². The SMILES string of the molecule is O=C(O)[C@@H]1[C@@H](O)CCCN1C(=O)OCc1ccccc1. The number of likely N-dealkylation sites (tertiary alicyclic amines) is 1. The summed E-state index contributed by atoms with van der Waals surface area (Å²) < 4.78 is 5.11. The van der Waals surface area contributed by atoms with Crippen LogP contribution in [0.5, 0.6) is 0 Å². The van der Waals surface area contributed by atoms with E-state index in [9.17, 15) is 14.7 Å². The summed E-state index contributed by atoms with van der Waals surface area (Å²) in [7, 11) is 0. The van der Waals surface area contributed by atoms with E-state index >= 15 is 0 Å². The molecule has 1 aliphatic heterocycles. The Bertz CT molecular complexity index is 476. The molecule has 108 valence electrons. The predicted octanol–water partition coefficient (Wildman–Crippen LogP) is 1.23. The van der Waals surface area contributed by atoms with Crippen molar-refractivity contribution < 1.29 is 24.5 Å². The fourth-order valence-corrected chi connectivity index (χ4v) is 2.28. The highest BCUT2D eigenvalue weighted by molar-refractivity contribution is 5.81. The van der Waals surface area contributed by atoms with Crippen molar-refractivity contribution in [1.82, 2.24) is 4.90 Å². The molecule has 2 rings (SSSR count). The number of piperidine rings is 1. The average Bonchev–Trinajstić information content (AvgIpc) is 2.45. The van der Waals surface area contributed by atoms with E-state index in [1.54, 1.807) is 0 Å². The topological polar surface area (TPSA) is 87.1 Å². The van der Waals surface area contributed by atoms with Crippen molar-refractivity contribution in [3.63, 3.8) is 0 Å². The molecule has 1 amide bonds. The smallest absolute Gasteiger partial charge is 0.410 e. The standard InChI is InChI=1S/C14H17NO5/c16-11-7-4-8-15(12(11)13(17)18)14(19)20-9-10-5-2-1-3-6-10/h1-3,5-6,11-12,16H,4,7-9H2,(H,17,18)/t11-,12-/m0/s1. The Morgan fingerprint density at radius 1 is 1.30 bits per heavy atom. The van der Waals surface area contributed by atoms with Gasteiger partial charge in [-0.1, -0.05) is 30.3 Å². The van der Waals surface area contributed by atoms with E-state index in [0.29, 0.717) is 12.8 Å². The lowest BCUT2D eigenvalue weighted by Gasteiger charge is -2.35. The van der Waals surface area contributed by atoms with Gasteiger partial charge in [-0.05, 0) is 18.4 Å². The number of ether oxygens (including phenoxy) is 1. The summed E-state index contributed by atoms with van der Waals surface area (Å²) in [4.78, 5) is 24.2. The highest BCUT2D eigenvalue weighted by Crippen LogP contribution is 2.19. The lowest BCUT2D eigenvalue weighted by Crippen LogP contribution is -2.55. The number of carbonyl (C=O) groups excluding carboxylic acids is 1. The molecule has 1 aliphatic rings. The van der Waals surface area contributed by atoms with E-state index in [1.807, 2.05) is 30.3 Å². The van der Waals surface area contributed by atoms with Crippen LogP contribution in [0.25, 0.3) is 0 Å². The maximum absolute atomic E-state index is 12.0. The molecule has 2 atom stereocenters. The van der Waals surface area contributed by atoms with Gasteiger partial charge in [0.05, 0.1) is 6.10 Å². The summed E-state index contributed by atoms with van der Waals surface area (Å²) in [5.41, 5.74) is 0.824. The van der Waals surface area contributed by atoms with E-state index in [4.69, 9.17) is 9.84 Å². The Labute approximate surface area is 116 Å². The van der Waals surface area contributed by atoms with Crippen LogP contribution in [0.15, 0.2) is 30.3 Å². The van der Waals surface area contributed by atoms with Crippen molar-refractivity contribution in [2.75, 3.05) is 6.54 Å². The maximum atomic E-state index is 12.0. The van der Waals surface area contributed by atoms with E-state index in [0.717, 1.165) is 10.5 Å². The van der Waals surface area contributed by atoms with Crippen LogP contribution in [0.1, 0.15) is 18.4 Å². The zero-order chi connectivity index (χ0) is 14.5. The van der Waals surface area contributed by atoms with Crippen LogP contribution in [0.2, 0.25) is 0 Å². The highest BCUT2D eigenvalue weighted by atomic mass is 16.6. The summed E-state index contributed by atoms with van der Waals surface area (Å²) in [5, 5.41) is 18.8. The number of amides is 1. The molecule has 0 saturated carbocycles. The van der Waals surface area contributed by atoms with Crippen LogP contribution in [-0.2, 0) is 16.1 Å². The third-order valence-corrected chi connectivity index (χ3v) is 3.29. The van der Waals surface area contributed by atoms with E-state index in [1.165, 1.54) is 0 Å². The monoisotopic (exact) mass is 279 g/mol. The molecule has 1 saturated heterocycles. The van der Waals surface area contributed by atoms with Gasteiger partial charge in [-0.3, -0.25) is 4.90 Å². The summed E-state index contributed by atoms with van der Waals surface area (Å²) in [6, 6.07) is 7.90. The van der Waals surface area contributed by atoms with E-state index in [2.05, 4.69) is 0 Å². The van der Waals surface area contributed by atoms with Crippen LogP contribution in [0, 0.1) is 0 Å². The minimum atomic E-state index is -1.23. The Morgan fingerprint density at radius 3 is 2.65 bits per heavy atom. The first kappa shape index (κ1) is 14.3. The Morgan fingerprint density at radius 2 is 2.00 bits per heavy atom. The van der Waals surface area contributed by atoms with Gasteiger partial charge >= 0.3 is 12.1 Å². The van der Waals surface area contributed by atoms with Gasteiger partial charge in [-0.2, -0.15) is 0 Å². The minimum absolute atomic E-state index is 0.0820. The molecule has 0 aliphatic carbocycles. The third-order valence-electron chi connectivity index (χ3n) is 3.29. The fraction of sp³-hybridized carbons (Fsp3) is 0.429. The molecule has 0 bridgehead atoms. The average molecular weight is 279 g/mol. The Kier molecular flexibility index (Phi) is 4.57. The number of carboxylic acids is 1. The molecule has 1 fully saturated rings. The normalized spacial score (nSPS) is 22.4. The molecule has 1 aromatic rings. The second-order valence-corrected chi connectivity index (χ2v) is 4.73. The molecular formula is C14H17NO5. The zero-order valence-corrected chi connectivity index (χ0v) is 10.9. The van der Waals surface area contributed by atoms with Crippen LogP contribution >= 0.6 is 0 Å². The molecule has 6 heteroatoms. The molecule has 6 nitrogen and oxygen atoms in total. The summed E-state index contributed by atoms with van der Waals surface area (Å²) >= 11 is 0. The Balaban J connectivity index is 1.98. The molecule has 1 heterocycles. The lowest BCUT2D eigenvalue weighted by molar-refractivity contribution is -0.149. The lowest BCUT2D eigenvalue weighted by atomic mass is 9.99. The van der Waals surface area contributed by atoms with E-state index in [-0.39, 0.29) is 13.2 Å². The highest BCUT2D eigenvalue weighted by Gasteiger charge is 2.39. The van der Waals surface area contributed by atoms with Gasteiger partial charge in [0, 0.05) is 6.54 Å². The molecule has 1 aromatic carbocycles. The van der Waals surface area contributed by atoms with Crippen molar-refractivity contribution in [2.45, 2.75) is 31.6 Å². The number of hydrogen-bond donors (Lipinski definition) is 2. The molecule has 20 heavy (non-hydrogen) atoms. The Hall–Kier alpha value is -2.08. The second-order valence-electron chi connectivity index (χ2n) is 4.73. The molecule has 2 N–H and O–H groups in total. The molecular weight excluding hydrogens is 262 g/mol. The third kappa shape index (κ3) is 3.27. The van der Waals surface area contributed by atoms with E-state index < -0.39 is 24.2 Å². The van der Waals surface area contributed by atoms with Gasteiger partial charge in [-0.15, -0.1) is 0 Å². The van der Waals surface area contributed by atoms with Crippen LogP contribution in [0.4, 0.5) is 4.79 Å². The molecule has 0 radical (unpaired) electrons. The van der Waals surface area contributed by atoms with Gasteiger partial charge in [0.25, 0.3) is 0 Å². The van der Waals surface area contributed by atoms with Crippen LogP contribution in [0.3, 0.4) is 0 Å². The quantitative estimate of drug-likeness (QED) is 0.869. The van der Waals surface area contributed by atoms with Crippen molar-refractivity contribution in [1.29, 1.82) is 0 Å². The number of hydrogen-bond acceptors (Lipinski definition) is 4. The van der Waals surface area contributed by atoms with Crippen LogP contribution in [-0.4, -0.2) is 45.9 Å². The largest absolute Gasteiger partial charge is 0.480 e. The molecule has 0 spiro atoms. The zero-order valence-electron chi connectivity index (χ0n) is 10.9. The second kappa shape index (κ2) is 6.38. The first-order valence-corrected chi connectivity index (χ1v) is 6.48. The summed E-state index contributed by atoms with van der Waals surface area (Å²) in [6.45, 7) is 0.361. The molecule has 0 unspecified atom stereocenters. The number of rotatable bonds is 3. The number of carboxylic acid groups (broad SMARTS) is 1. The number of aliphatic hydroxyl groups is 1. The fourth-order valence-electron chi connectivity index (χ4n) is 2.28. The van der Waals surface area contributed by atoms with Crippen molar-refractivity contribution in [3.8, 4) is 0 Å². The van der Waals surface area contributed by atoms with Crippen molar-refractivity contribution >= 4 is 12.1 Å². The van der Waals surface area contributed by atoms with Gasteiger partial charge in [-0.25, -0.2) is 9.59 Å². The minimum Gasteiger partial charge on any atom is -0.480 e. The first-order chi connectivity index (χ1) is 9.59. The number of benzene rings is 1. The van der Waals surface area contributed by atoms with Gasteiger partial charge < -0.3 is 14.9 Å². The summed E-state index contributed by atoms with van der Waals surface area (Å²) in [6.07, 6.45) is -0.823. The number of nitrogens with zero attached hydrogens (tertiary/aromatic N) is 1. The number of aliphatic carboxylic acids is 1.